The number of nitrogens with zero attached hydrogens (tertiary/aromatic N) is 1. The van der Waals surface area contributed by atoms with E-state index >= 15 is 0 Å². The highest BCUT2D eigenvalue weighted by Gasteiger charge is 2.46. The summed E-state index contributed by atoms with van der Waals surface area (Å²) in [6.45, 7) is 0. The third kappa shape index (κ3) is 4.63. The van der Waals surface area contributed by atoms with Gasteiger partial charge in [0.1, 0.15) is 0 Å². The number of anilines is 3. The van der Waals surface area contributed by atoms with Crippen molar-refractivity contribution in [3.63, 3.8) is 0 Å². The second kappa shape index (κ2) is 12.3. The lowest BCUT2D eigenvalue weighted by atomic mass is 9.67. The molecule has 1 nitrogen and oxygen atoms in total. The van der Waals surface area contributed by atoms with Crippen LogP contribution in [0.1, 0.15) is 22.3 Å². The Morgan fingerprint density at radius 1 is 0.346 bits per heavy atom. The molecular weight excluding hydrogens is 627 g/mol. The molecule has 9 aromatic rings. The van der Waals surface area contributed by atoms with Gasteiger partial charge in [0, 0.05) is 16.8 Å². The van der Waals surface area contributed by atoms with Gasteiger partial charge in [0.15, 0.2) is 0 Å². The summed E-state index contributed by atoms with van der Waals surface area (Å²) in [6, 6.07) is 77.7. The van der Waals surface area contributed by atoms with Gasteiger partial charge in [-0.25, -0.2) is 0 Å². The van der Waals surface area contributed by atoms with Crippen molar-refractivity contribution >= 4 is 38.6 Å². The molecule has 10 rings (SSSR count). The zero-order valence-corrected chi connectivity index (χ0v) is 28.7. The molecule has 0 aliphatic heterocycles. The van der Waals surface area contributed by atoms with Crippen molar-refractivity contribution in [1.29, 1.82) is 0 Å². The van der Waals surface area contributed by atoms with E-state index in [0.29, 0.717) is 0 Å². The maximum absolute atomic E-state index is 2.43. The molecule has 0 aromatic heterocycles. The fraction of sp³-hybridized carbons (Fsp3) is 0.0196. The summed E-state index contributed by atoms with van der Waals surface area (Å²) in [5, 5.41) is 4.92. The van der Waals surface area contributed by atoms with Gasteiger partial charge < -0.3 is 4.90 Å². The second-order valence-electron chi connectivity index (χ2n) is 13.7. The maximum atomic E-state index is 2.43. The van der Waals surface area contributed by atoms with E-state index in [2.05, 4.69) is 217 Å². The van der Waals surface area contributed by atoms with Crippen molar-refractivity contribution in [2.24, 2.45) is 0 Å². The van der Waals surface area contributed by atoms with E-state index < -0.39 is 5.41 Å². The average Bonchev–Trinajstić information content (AvgIpc) is 3.54. The minimum absolute atomic E-state index is 0.441. The van der Waals surface area contributed by atoms with E-state index in [1.807, 2.05) is 0 Å². The van der Waals surface area contributed by atoms with E-state index in [9.17, 15) is 0 Å². The molecule has 0 unspecified atom stereocenters. The Balaban J connectivity index is 1.23. The first-order valence-electron chi connectivity index (χ1n) is 18.0. The quantitative estimate of drug-likeness (QED) is 0.171. The molecule has 1 aliphatic rings. The normalized spacial score (nSPS) is 12.8. The average molecular weight is 662 g/mol. The highest BCUT2D eigenvalue weighted by Crippen LogP contribution is 2.58. The van der Waals surface area contributed by atoms with Crippen LogP contribution in [-0.4, -0.2) is 0 Å². The zero-order valence-electron chi connectivity index (χ0n) is 28.7. The Morgan fingerprint density at radius 3 is 1.67 bits per heavy atom. The molecule has 0 atom stereocenters. The third-order valence-electron chi connectivity index (χ3n) is 10.9. The van der Waals surface area contributed by atoms with Crippen LogP contribution < -0.4 is 4.90 Å². The largest absolute Gasteiger partial charge is 0.310 e. The predicted octanol–water partition coefficient (Wildman–Crippen LogP) is 13.5. The standard InChI is InChI=1S/C51H35N/c1-4-15-36(16-5-1)38-27-30-42(31-28-38)52(43-32-29-37-17-10-11-18-39(37)35-43)49-26-14-24-45-44(49)33-34-48-50(45)46-23-12-13-25-47(46)51(48,40-19-6-2-7-20-40)41-21-8-3-9-22-41/h1-35H. The van der Waals surface area contributed by atoms with Gasteiger partial charge in [-0.2, -0.15) is 0 Å². The molecule has 0 radical (unpaired) electrons. The van der Waals surface area contributed by atoms with Crippen LogP contribution in [0.25, 0.3) is 43.8 Å². The Labute approximate surface area is 304 Å². The minimum atomic E-state index is -0.441. The van der Waals surface area contributed by atoms with E-state index in [4.69, 9.17) is 0 Å². The molecule has 0 N–H and O–H groups in total. The Morgan fingerprint density at radius 2 is 0.942 bits per heavy atom. The zero-order chi connectivity index (χ0) is 34.5. The Kier molecular flexibility index (Phi) is 7.11. The van der Waals surface area contributed by atoms with Gasteiger partial charge in [0.2, 0.25) is 0 Å². The van der Waals surface area contributed by atoms with Crippen molar-refractivity contribution in [3.8, 4) is 22.3 Å². The van der Waals surface area contributed by atoms with E-state index in [0.717, 1.165) is 17.1 Å². The highest BCUT2D eigenvalue weighted by molar-refractivity contribution is 6.10. The molecule has 1 aliphatic carbocycles. The van der Waals surface area contributed by atoms with Crippen LogP contribution >= 0.6 is 0 Å². The summed E-state index contributed by atoms with van der Waals surface area (Å²) in [5.41, 5.74) is 13.2. The maximum Gasteiger partial charge on any atom is 0.0713 e. The first kappa shape index (κ1) is 30.2. The van der Waals surface area contributed by atoms with Crippen LogP contribution in [-0.2, 0) is 5.41 Å². The summed E-state index contributed by atoms with van der Waals surface area (Å²) in [7, 11) is 0. The molecule has 9 aromatic carbocycles. The molecule has 0 saturated carbocycles. The first-order chi connectivity index (χ1) is 25.8. The molecule has 0 fully saturated rings. The monoisotopic (exact) mass is 661 g/mol. The Bertz CT molecular complexity index is 2670. The first-order valence-corrected chi connectivity index (χ1v) is 18.0. The van der Waals surface area contributed by atoms with Crippen molar-refractivity contribution < 1.29 is 0 Å². The SMILES string of the molecule is c1ccc(-c2ccc(N(c3ccc4ccccc4c3)c3cccc4c5c(ccc34)C(c3ccccc3)(c3ccccc3)c3ccccc3-5)cc2)cc1. The van der Waals surface area contributed by atoms with Crippen LogP contribution in [0.2, 0.25) is 0 Å². The van der Waals surface area contributed by atoms with Gasteiger partial charge in [-0.15, -0.1) is 0 Å². The lowest BCUT2D eigenvalue weighted by Crippen LogP contribution is -2.28. The molecule has 0 heterocycles. The smallest absolute Gasteiger partial charge is 0.0713 e. The van der Waals surface area contributed by atoms with E-state index in [1.165, 1.54) is 66.1 Å². The summed E-state index contributed by atoms with van der Waals surface area (Å²) < 4.78 is 0. The van der Waals surface area contributed by atoms with Gasteiger partial charge in [0.25, 0.3) is 0 Å². The highest BCUT2D eigenvalue weighted by atomic mass is 15.1. The molecule has 0 spiro atoms. The molecule has 0 saturated heterocycles. The van der Waals surface area contributed by atoms with Crippen molar-refractivity contribution in [2.45, 2.75) is 5.41 Å². The lowest BCUT2D eigenvalue weighted by Gasteiger charge is -2.34. The van der Waals surface area contributed by atoms with E-state index in [1.54, 1.807) is 0 Å². The summed E-state index contributed by atoms with van der Waals surface area (Å²) >= 11 is 0. The van der Waals surface area contributed by atoms with Crippen LogP contribution in [0.15, 0.2) is 212 Å². The number of benzene rings is 9. The number of hydrogen-bond donors (Lipinski definition) is 0. The number of fused-ring (bicyclic) bond motifs is 6. The second-order valence-corrected chi connectivity index (χ2v) is 13.7. The Hall–Kier alpha value is -6.70. The molecule has 1 heteroatoms. The van der Waals surface area contributed by atoms with Crippen LogP contribution in [0.5, 0.6) is 0 Å². The van der Waals surface area contributed by atoms with E-state index in [-0.39, 0.29) is 0 Å². The minimum Gasteiger partial charge on any atom is -0.310 e. The summed E-state index contributed by atoms with van der Waals surface area (Å²) in [4.78, 5) is 2.43. The van der Waals surface area contributed by atoms with Crippen molar-refractivity contribution in [1.82, 2.24) is 0 Å². The van der Waals surface area contributed by atoms with Gasteiger partial charge in [0.05, 0.1) is 11.1 Å². The molecule has 244 valence electrons. The van der Waals surface area contributed by atoms with Crippen LogP contribution in [0, 0.1) is 0 Å². The fourth-order valence-corrected chi connectivity index (χ4v) is 8.65. The summed E-state index contributed by atoms with van der Waals surface area (Å²) in [5.74, 6) is 0. The van der Waals surface area contributed by atoms with Crippen LogP contribution in [0.3, 0.4) is 0 Å². The third-order valence-corrected chi connectivity index (χ3v) is 10.9. The topological polar surface area (TPSA) is 3.24 Å². The van der Waals surface area contributed by atoms with Gasteiger partial charge >= 0.3 is 0 Å². The van der Waals surface area contributed by atoms with Crippen molar-refractivity contribution in [2.75, 3.05) is 4.90 Å². The number of hydrogen-bond acceptors (Lipinski definition) is 1. The molecule has 0 amide bonds. The molecule has 52 heavy (non-hydrogen) atoms. The predicted molar refractivity (Wildman–Crippen MR) is 219 cm³/mol. The molecule has 0 bridgehead atoms. The molecular formula is C51H35N. The van der Waals surface area contributed by atoms with Gasteiger partial charge in [-0.1, -0.05) is 182 Å². The summed E-state index contributed by atoms with van der Waals surface area (Å²) in [6.07, 6.45) is 0. The lowest BCUT2D eigenvalue weighted by molar-refractivity contribution is 0.769. The number of rotatable bonds is 6. The van der Waals surface area contributed by atoms with Crippen LogP contribution in [0.4, 0.5) is 17.1 Å². The van der Waals surface area contributed by atoms with Gasteiger partial charge in [-0.05, 0) is 91.0 Å². The fourth-order valence-electron chi connectivity index (χ4n) is 8.65. The van der Waals surface area contributed by atoms with Crippen molar-refractivity contribution in [3.05, 3.63) is 235 Å². The van der Waals surface area contributed by atoms with Gasteiger partial charge in [-0.3, -0.25) is 0 Å².